The van der Waals surface area contributed by atoms with Gasteiger partial charge in [0.2, 0.25) is 0 Å². The average Bonchev–Trinajstić information content (AvgIpc) is 1.05. The maximum Gasteiger partial charge on any atom is 0.274 e. The Hall–Kier alpha value is -16.4. The van der Waals surface area contributed by atoms with Gasteiger partial charge in [0.1, 0.15) is 40.6 Å². The fourth-order valence-corrected chi connectivity index (χ4v) is 17.0. The second kappa shape index (κ2) is 48.9. The first kappa shape index (κ1) is 95.4. The van der Waals surface area contributed by atoms with E-state index in [4.69, 9.17) is 4.98 Å². The molecule has 38 heteroatoms. The second-order valence-corrected chi connectivity index (χ2v) is 33.5. The van der Waals surface area contributed by atoms with Crippen molar-refractivity contribution in [3.05, 3.63) is 315 Å². The predicted molar refractivity (Wildman–Crippen MR) is 547 cm³/mol. The van der Waals surface area contributed by atoms with Crippen molar-refractivity contribution < 1.29 is 24.0 Å². The Labute approximate surface area is 813 Å². The standard InChI is InChI=1S/C24H28N8O.2C20H20N6O.C19H19N7O.C19H19N5OS/c33-24(30-21-17-27-8-7-22(21)31-13-9-25-10-14-31)20-5-1-3-18(28-20)19-4-2-6-23(29-19)32-15-11-26-12-16-32;27-20(17-5-1-4-16(24-17)15-3-2-7-22-13-15)25-18-14-23-8-6-19(18)26-11-9-21-10-12-26;27-20(17-3-1-2-16(24-17)15-4-7-21-8-5-15)25-18-14-23-9-6-19(18)26-12-10-22-11-13-26;27-19(16-3-1-2-15(24-16)14-10-22-13-23-11-14)25-17-12-21-5-4-18(17)26-8-6-20-7-9-26;25-19(16-3-1-2-15(22-16)14-5-11-26-13-14)23-17-12-21-6-4-18(17)24-9-7-20-8-10-24/h1-8,17,25-26H,9-16H2,(H,30,33);1-8,13-14,21H,9-12H2,(H,25,27);1-9,14,22H,10-13H2,(H,25,27);1-5,10-13,20H,6-9H2,(H,25,27);1-6,11-13,20H,7-10H2,(H,23,25). The zero-order valence-corrected chi connectivity index (χ0v) is 77.8. The van der Waals surface area contributed by atoms with E-state index < -0.39 is 0 Å². The molecule has 5 amide bonds. The van der Waals surface area contributed by atoms with Crippen molar-refractivity contribution in [3.63, 3.8) is 0 Å². The minimum absolute atomic E-state index is 0.230. The van der Waals surface area contributed by atoms with Crippen LogP contribution in [0.4, 0.5) is 62.7 Å². The number of carbonyl (C=O) groups is 5. The Morgan fingerprint density at radius 2 is 0.514 bits per heavy atom. The number of anilines is 11. The highest BCUT2D eigenvalue weighted by atomic mass is 32.1. The van der Waals surface area contributed by atoms with Gasteiger partial charge < -0.3 is 87.9 Å². The van der Waals surface area contributed by atoms with Crippen molar-refractivity contribution in [2.45, 2.75) is 0 Å². The Kier molecular flexibility index (Phi) is 33.3. The predicted octanol–water partition coefficient (Wildman–Crippen LogP) is 10.5. The Bertz CT molecular complexity index is 6240. The molecule has 0 saturated carbocycles. The number of piperazine rings is 6. The van der Waals surface area contributed by atoms with Crippen molar-refractivity contribution in [1.82, 2.24) is 107 Å². The van der Waals surface area contributed by atoms with Crippen LogP contribution in [-0.2, 0) is 0 Å². The highest BCUT2D eigenvalue weighted by molar-refractivity contribution is 7.08. The molecule has 6 aliphatic heterocycles. The summed E-state index contributed by atoms with van der Waals surface area (Å²) in [5, 5.41) is 38.9. The van der Waals surface area contributed by atoms with Gasteiger partial charge in [-0.05, 0) is 139 Å². The van der Waals surface area contributed by atoms with Crippen molar-refractivity contribution >= 4 is 104 Å². The lowest BCUT2D eigenvalue weighted by Gasteiger charge is -2.30. The van der Waals surface area contributed by atoms with Crippen molar-refractivity contribution in [1.29, 1.82) is 0 Å². The van der Waals surface area contributed by atoms with Crippen LogP contribution in [0.15, 0.2) is 286 Å². The molecule has 6 saturated heterocycles. The molecule has 6 fully saturated rings. The maximum absolute atomic E-state index is 13.1. The monoisotopic (exact) mass is 1890 g/mol. The molecule has 0 spiro atoms. The topological polar surface area (TPSA) is 430 Å². The lowest BCUT2D eigenvalue weighted by atomic mass is 10.1. The van der Waals surface area contributed by atoms with Gasteiger partial charge in [-0.2, -0.15) is 11.3 Å². The lowest BCUT2D eigenvalue weighted by Crippen LogP contribution is -2.43. The number of pyridine rings is 13. The van der Waals surface area contributed by atoms with E-state index in [9.17, 15) is 24.0 Å². The van der Waals surface area contributed by atoms with E-state index >= 15 is 0 Å². The first-order valence-electron chi connectivity index (χ1n) is 46.4. The van der Waals surface area contributed by atoms with Crippen LogP contribution in [-0.4, -0.2) is 261 Å². The van der Waals surface area contributed by atoms with Crippen molar-refractivity contribution in [2.24, 2.45) is 0 Å². The van der Waals surface area contributed by atoms with E-state index in [0.717, 1.165) is 231 Å². The van der Waals surface area contributed by atoms with Crippen LogP contribution in [0.1, 0.15) is 52.4 Å². The van der Waals surface area contributed by atoms with E-state index in [2.05, 4.69) is 158 Å². The second-order valence-electron chi connectivity index (χ2n) is 32.7. The smallest absolute Gasteiger partial charge is 0.274 e. The van der Waals surface area contributed by atoms with E-state index in [1.54, 1.807) is 147 Å². The number of thiophene rings is 1. The van der Waals surface area contributed by atoms with Crippen LogP contribution in [0.2, 0.25) is 0 Å². The largest absolute Gasteiger partial charge is 0.367 e. The first-order chi connectivity index (χ1) is 69.0. The molecule has 11 N–H and O–H groups in total. The van der Waals surface area contributed by atoms with Crippen LogP contribution in [0.5, 0.6) is 0 Å². The molecule has 6 aliphatic rings. The lowest BCUT2D eigenvalue weighted by molar-refractivity contribution is 0.101. The molecule has 21 rings (SSSR count). The molecular formula is C102H106N32O5S. The minimum Gasteiger partial charge on any atom is -0.367 e. The van der Waals surface area contributed by atoms with Crippen LogP contribution >= 0.6 is 11.3 Å². The molecule has 710 valence electrons. The number of hydrogen-bond acceptors (Lipinski definition) is 33. The van der Waals surface area contributed by atoms with Gasteiger partial charge in [0.25, 0.3) is 29.5 Å². The Balaban J connectivity index is 0.000000121. The van der Waals surface area contributed by atoms with Gasteiger partial charge in [0.15, 0.2) is 0 Å². The summed E-state index contributed by atoms with van der Waals surface area (Å²) in [7, 11) is 0. The van der Waals surface area contributed by atoms with Gasteiger partial charge in [-0.15, -0.1) is 0 Å². The van der Waals surface area contributed by atoms with Gasteiger partial charge in [-0.1, -0.05) is 36.4 Å². The third-order valence-electron chi connectivity index (χ3n) is 23.5. The van der Waals surface area contributed by atoms with Crippen LogP contribution < -0.4 is 87.9 Å². The van der Waals surface area contributed by atoms with Gasteiger partial charge >= 0.3 is 0 Å². The molecule has 0 bridgehead atoms. The van der Waals surface area contributed by atoms with Crippen LogP contribution in [0.25, 0.3) is 56.4 Å². The number of aromatic nitrogens is 15. The Morgan fingerprint density at radius 1 is 0.236 bits per heavy atom. The normalized spacial score (nSPS) is 14.6. The summed E-state index contributed by atoms with van der Waals surface area (Å²) in [4.78, 5) is 142. The maximum atomic E-state index is 13.1. The number of rotatable bonds is 21. The molecule has 37 nitrogen and oxygen atoms in total. The SMILES string of the molecule is O=C(Nc1cnccc1N1CCNCC1)c1cccc(-c2cccc(N3CCNCC3)n2)n1.O=C(Nc1cnccc1N1CCNCC1)c1cccc(-c2cccnc2)n1.O=C(Nc1cnccc1N1CCNCC1)c1cccc(-c2ccncc2)n1.O=C(Nc1cnccc1N1CCNCC1)c1cccc(-c2ccsc2)n1.O=C(Nc1cnccc1N1CCNCC1)c1cccc(-c2cncnc2)n1. The molecule has 21 heterocycles. The third-order valence-corrected chi connectivity index (χ3v) is 24.2. The number of hydrogen-bond donors (Lipinski definition) is 11. The molecule has 15 aromatic rings. The highest BCUT2D eigenvalue weighted by Crippen LogP contribution is 2.33. The molecule has 140 heavy (non-hydrogen) atoms. The van der Waals surface area contributed by atoms with Crippen molar-refractivity contribution in [2.75, 3.05) is 213 Å². The van der Waals surface area contributed by atoms with E-state index in [1.807, 2.05) is 144 Å². The van der Waals surface area contributed by atoms with E-state index in [1.165, 1.54) is 6.33 Å². The summed E-state index contributed by atoms with van der Waals surface area (Å²) in [6.07, 6.45) is 28.8. The zero-order valence-electron chi connectivity index (χ0n) is 76.9. The molecular weight excluding hydrogens is 1790 g/mol. The minimum atomic E-state index is -0.280. The summed E-state index contributed by atoms with van der Waals surface area (Å²) in [6, 6.07) is 52.2. The summed E-state index contributed by atoms with van der Waals surface area (Å²) >= 11 is 1.61. The molecule has 15 aromatic heterocycles. The fourth-order valence-electron chi connectivity index (χ4n) is 16.4. The van der Waals surface area contributed by atoms with E-state index in [-0.39, 0.29) is 29.5 Å². The van der Waals surface area contributed by atoms with Crippen LogP contribution in [0.3, 0.4) is 0 Å². The molecule has 0 aliphatic carbocycles. The van der Waals surface area contributed by atoms with E-state index in [0.29, 0.717) is 74.0 Å². The molecule has 0 atom stereocenters. The molecule has 0 unspecified atom stereocenters. The number of amides is 5. The summed E-state index contributed by atoms with van der Waals surface area (Å²) in [6.45, 7) is 21.9. The van der Waals surface area contributed by atoms with Gasteiger partial charge in [-0.3, -0.25) is 58.9 Å². The van der Waals surface area contributed by atoms with Gasteiger partial charge in [-0.25, -0.2) is 39.9 Å². The van der Waals surface area contributed by atoms with Crippen molar-refractivity contribution in [3.8, 4) is 56.4 Å². The summed E-state index contributed by atoms with van der Waals surface area (Å²) in [5.74, 6) is -0.355. The average molecular weight is 1890 g/mol. The summed E-state index contributed by atoms with van der Waals surface area (Å²) in [5.41, 5.74) is 18.0. The molecule has 0 radical (unpaired) electrons. The quantitative estimate of drug-likeness (QED) is 0.0318. The first-order valence-corrected chi connectivity index (χ1v) is 47.4. The highest BCUT2D eigenvalue weighted by Gasteiger charge is 2.26. The number of nitrogens with one attached hydrogen (secondary N) is 11. The summed E-state index contributed by atoms with van der Waals surface area (Å²) < 4.78 is 0. The zero-order chi connectivity index (χ0) is 95.7. The number of nitrogens with zero attached hydrogens (tertiary/aromatic N) is 21. The Morgan fingerprint density at radius 3 is 0.843 bits per heavy atom. The molecule has 0 aromatic carbocycles. The van der Waals surface area contributed by atoms with Gasteiger partial charge in [0.05, 0.1) is 122 Å². The van der Waals surface area contributed by atoms with Gasteiger partial charge in [0, 0.05) is 253 Å². The fraction of sp³-hybridized carbons (Fsp3) is 0.235. The third kappa shape index (κ3) is 25.9. The van der Waals surface area contributed by atoms with Crippen LogP contribution in [0, 0.1) is 0 Å². The number of carbonyl (C=O) groups excluding carboxylic acids is 5.